The van der Waals surface area contributed by atoms with E-state index in [-0.39, 0.29) is 5.91 Å². The van der Waals surface area contributed by atoms with E-state index in [1.54, 1.807) is 35.9 Å². The van der Waals surface area contributed by atoms with Gasteiger partial charge in [-0.3, -0.25) is 14.5 Å². The average Bonchev–Trinajstić information content (AvgIpc) is 3.50. The van der Waals surface area contributed by atoms with Crippen LogP contribution < -0.4 is 20.3 Å². The van der Waals surface area contributed by atoms with Gasteiger partial charge in [-0.05, 0) is 54.6 Å². The second kappa shape index (κ2) is 14.0. The molecule has 2 heterocycles. The first-order valence-electron chi connectivity index (χ1n) is 13.7. The van der Waals surface area contributed by atoms with Crippen molar-refractivity contribution in [2.75, 3.05) is 56.1 Å². The summed E-state index contributed by atoms with van der Waals surface area (Å²) < 4.78 is 10.9. The van der Waals surface area contributed by atoms with E-state index >= 15 is 0 Å². The SMILES string of the molecule is CCNc1ccc(NC(=O)CO)cc1N=C1SC(=C2Sc3ccc(OCCOC)cc3N2C)C(=O)N1Cc1ccccc1. The number of amidine groups is 1. The van der Waals surface area contributed by atoms with Crippen LogP contribution in [0.1, 0.15) is 12.5 Å². The topological polar surface area (TPSA) is 116 Å². The number of aliphatic hydroxyl groups excluding tert-OH is 1. The van der Waals surface area contributed by atoms with Gasteiger partial charge in [0, 0.05) is 37.4 Å². The molecule has 0 atom stereocenters. The fourth-order valence-electron chi connectivity index (χ4n) is 4.53. The molecule has 5 rings (SSSR count). The number of aliphatic hydroxyl groups is 1. The molecule has 1 saturated heterocycles. The third-order valence-corrected chi connectivity index (χ3v) is 9.04. The van der Waals surface area contributed by atoms with Crippen molar-refractivity contribution in [1.29, 1.82) is 0 Å². The number of rotatable bonds is 11. The molecule has 224 valence electrons. The normalized spacial score (nSPS) is 17.0. The molecule has 2 amide bonds. The minimum atomic E-state index is -0.626. The quantitative estimate of drug-likeness (QED) is 0.196. The number of nitrogens with one attached hydrogen (secondary N) is 2. The van der Waals surface area contributed by atoms with Crippen LogP contribution in [0.15, 0.2) is 86.6 Å². The molecule has 43 heavy (non-hydrogen) atoms. The van der Waals surface area contributed by atoms with Gasteiger partial charge < -0.3 is 30.1 Å². The summed E-state index contributed by atoms with van der Waals surface area (Å²) in [6, 6.07) is 21.0. The summed E-state index contributed by atoms with van der Waals surface area (Å²) in [7, 11) is 3.58. The summed E-state index contributed by atoms with van der Waals surface area (Å²) in [4.78, 5) is 36.2. The Hall–Kier alpha value is -3.97. The highest BCUT2D eigenvalue weighted by molar-refractivity contribution is 8.19. The Morgan fingerprint density at radius 1 is 1.05 bits per heavy atom. The molecule has 0 aromatic heterocycles. The Kier molecular flexibility index (Phi) is 9.93. The number of aliphatic imine (C=N–C) groups is 1. The van der Waals surface area contributed by atoms with E-state index in [2.05, 4.69) is 10.6 Å². The van der Waals surface area contributed by atoms with Crippen molar-refractivity contribution in [1.82, 2.24) is 4.90 Å². The number of hydrogen-bond acceptors (Lipinski definition) is 10. The Balaban J connectivity index is 1.52. The van der Waals surface area contributed by atoms with Crippen molar-refractivity contribution in [3.63, 3.8) is 0 Å². The predicted octanol–water partition coefficient (Wildman–Crippen LogP) is 5.25. The number of fused-ring (bicyclic) bond motifs is 1. The van der Waals surface area contributed by atoms with Gasteiger partial charge in [0.25, 0.3) is 5.91 Å². The van der Waals surface area contributed by atoms with Crippen LogP contribution >= 0.6 is 23.5 Å². The number of carbonyl (C=O) groups is 2. The predicted molar refractivity (Wildman–Crippen MR) is 173 cm³/mol. The number of benzene rings is 3. The molecule has 1 fully saturated rings. The summed E-state index contributed by atoms with van der Waals surface area (Å²) in [6.07, 6.45) is 0. The Morgan fingerprint density at radius 2 is 1.86 bits per heavy atom. The van der Waals surface area contributed by atoms with Crippen LogP contribution in [0, 0.1) is 0 Å². The van der Waals surface area contributed by atoms with Crippen LogP contribution in [0.4, 0.5) is 22.7 Å². The van der Waals surface area contributed by atoms with Crippen molar-refractivity contribution >= 4 is 63.3 Å². The monoisotopic (exact) mass is 619 g/mol. The van der Waals surface area contributed by atoms with Gasteiger partial charge in [-0.1, -0.05) is 42.1 Å². The molecule has 3 aromatic carbocycles. The second-order valence-corrected chi connectivity index (χ2v) is 11.6. The van der Waals surface area contributed by atoms with Gasteiger partial charge >= 0.3 is 0 Å². The average molecular weight is 620 g/mol. The van der Waals surface area contributed by atoms with Crippen LogP contribution in [-0.2, 0) is 20.9 Å². The van der Waals surface area contributed by atoms with Gasteiger partial charge in [-0.2, -0.15) is 0 Å². The van der Waals surface area contributed by atoms with Crippen molar-refractivity contribution in [3.05, 3.63) is 82.2 Å². The molecule has 10 nitrogen and oxygen atoms in total. The van der Waals surface area contributed by atoms with Crippen molar-refractivity contribution in [2.24, 2.45) is 4.99 Å². The van der Waals surface area contributed by atoms with E-state index < -0.39 is 12.5 Å². The fraction of sp³-hybridized carbons (Fsp3) is 0.258. The highest BCUT2D eigenvalue weighted by atomic mass is 32.2. The lowest BCUT2D eigenvalue weighted by atomic mass is 10.2. The van der Waals surface area contributed by atoms with E-state index in [1.807, 2.05) is 73.5 Å². The number of nitrogens with zero attached hydrogens (tertiary/aromatic N) is 3. The maximum absolute atomic E-state index is 14.1. The summed E-state index contributed by atoms with van der Waals surface area (Å²) in [6.45, 7) is 3.30. The van der Waals surface area contributed by atoms with Gasteiger partial charge in [0.05, 0.1) is 35.2 Å². The summed E-state index contributed by atoms with van der Waals surface area (Å²) in [5.41, 5.74) is 3.74. The van der Waals surface area contributed by atoms with Gasteiger partial charge in [0.15, 0.2) is 5.17 Å². The molecular weight excluding hydrogens is 587 g/mol. The molecule has 3 aromatic rings. The number of hydrogen-bond donors (Lipinski definition) is 3. The Labute approximate surface area is 259 Å². The summed E-state index contributed by atoms with van der Waals surface area (Å²) >= 11 is 2.87. The highest BCUT2D eigenvalue weighted by Crippen LogP contribution is 2.51. The zero-order valence-electron chi connectivity index (χ0n) is 24.1. The van der Waals surface area contributed by atoms with Crippen LogP contribution in [0.3, 0.4) is 0 Å². The molecular formula is C31H33N5O5S2. The first-order chi connectivity index (χ1) is 20.9. The molecule has 0 aliphatic carbocycles. The van der Waals surface area contributed by atoms with Gasteiger partial charge in [0.1, 0.15) is 23.9 Å². The molecule has 2 aliphatic heterocycles. The third-order valence-electron chi connectivity index (χ3n) is 6.61. The largest absolute Gasteiger partial charge is 0.491 e. The number of ether oxygens (including phenoxy) is 2. The van der Waals surface area contributed by atoms with E-state index in [1.165, 1.54) is 11.8 Å². The number of thioether (sulfide) groups is 2. The fourth-order valence-corrected chi connectivity index (χ4v) is 6.84. The molecule has 2 aliphatic rings. The smallest absolute Gasteiger partial charge is 0.269 e. The molecule has 12 heteroatoms. The zero-order chi connectivity index (χ0) is 30.3. The van der Waals surface area contributed by atoms with Crippen molar-refractivity contribution in [2.45, 2.75) is 18.4 Å². The standard InChI is InChI=1S/C31H33N5O5S2/c1-4-32-23-12-10-21(33-27(38)19-37)16-24(23)34-31-36(18-20-8-6-5-7-9-20)29(39)28(43-31)30-35(2)25-17-22(41-15-14-40-3)11-13-26(25)42-30/h5-13,16-17,32,37H,4,14-15,18-19H2,1-3H3,(H,33,38). The summed E-state index contributed by atoms with van der Waals surface area (Å²) in [5.74, 6) is 0.0733. The van der Waals surface area contributed by atoms with Crippen LogP contribution in [0.2, 0.25) is 0 Å². The van der Waals surface area contributed by atoms with Gasteiger partial charge in [-0.25, -0.2) is 4.99 Å². The van der Waals surface area contributed by atoms with Crippen LogP contribution in [0.25, 0.3) is 0 Å². The molecule has 0 bridgehead atoms. The Bertz CT molecular complexity index is 1560. The minimum absolute atomic E-state index is 0.138. The minimum Gasteiger partial charge on any atom is -0.491 e. The highest BCUT2D eigenvalue weighted by Gasteiger charge is 2.39. The molecule has 0 saturated carbocycles. The molecule has 0 radical (unpaired) electrons. The lowest BCUT2D eigenvalue weighted by Gasteiger charge is -2.17. The maximum atomic E-state index is 14.1. The lowest BCUT2D eigenvalue weighted by Crippen LogP contribution is -2.29. The molecule has 3 N–H and O–H groups in total. The second-order valence-electron chi connectivity index (χ2n) is 9.61. The van der Waals surface area contributed by atoms with E-state index in [9.17, 15) is 14.7 Å². The first kappa shape index (κ1) is 30.5. The van der Waals surface area contributed by atoms with E-state index in [0.29, 0.717) is 47.8 Å². The lowest BCUT2D eigenvalue weighted by molar-refractivity contribution is -0.122. The van der Waals surface area contributed by atoms with Crippen LogP contribution in [0.5, 0.6) is 5.75 Å². The number of carbonyl (C=O) groups excluding carboxylic acids is 2. The summed E-state index contributed by atoms with van der Waals surface area (Å²) in [5, 5.41) is 16.5. The number of methoxy groups -OCH3 is 1. The van der Waals surface area contributed by atoms with Crippen molar-refractivity contribution < 1.29 is 24.2 Å². The van der Waals surface area contributed by atoms with Gasteiger partial charge in [-0.15, -0.1) is 0 Å². The maximum Gasteiger partial charge on any atom is 0.269 e. The Morgan fingerprint density at radius 3 is 2.60 bits per heavy atom. The van der Waals surface area contributed by atoms with E-state index in [4.69, 9.17) is 14.5 Å². The molecule has 0 spiro atoms. The number of amides is 2. The molecule has 0 unspecified atom stereocenters. The van der Waals surface area contributed by atoms with E-state index in [0.717, 1.165) is 32.6 Å². The number of anilines is 3. The van der Waals surface area contributed by atoms with Gasteiger partial charge in [0.2, 0.25) is 5.91 Å². The van der Waals surface area contributed by atoms with Crippen molar-refractivity contribution in [3.8, 4) is 5.75 Å². The zero-order valence-corrected chi connectivity index (χ0v) is 25.8. The van der Waals surface area contributed by atoms with Crippen LogP contribution in [-0.4, -0.2) is 67.5 Å². The third kappa shape index (κ3) is 6.99. The first-order valence-corrected chi connectivity index (χ1v) is 15.4.